The fourth-order valence-corrected chi connectivity index (χ4v) is 5.47. The van der Waals surface area contributed by atoms with Crippen LogP contribution in [-0.4, -0.2) is 42.8 Å². The van der Waals surface area contributed by atoms with Crippen molar-refractivity contribution >= 4 is 22.2 Å². The molecular weight excluding hydrogens is 448 g/mol. The zero-order valence-electron chi connectivity index (χ0n) is 19.6. The van der Waals surface area contributed by atoms with E-state index in [2.05, 4.69) is 62.0 Å². The number of ether oxygens (including phenoxy) is 1. The number of hydrogen-bond acceptors (Lipinski definition) is 7. The van der Waals surface area contributed by atoms with Crippen LogP contribution in [0.15, 0.2) is 46.6 Å². The lowest BCUT2D eigenvalue weighted by Crippen LogP contribution is -2.33. The van der Waals surface area contributed by atoms with Gasteiger partial charge in [-0.3, -0.25) is 9.69 Å². The van der Waals surface area contributed by atoms with Crippen molar-refractivity contribution in [2.45, 2.75) is 64.9 Å². The summed E-state index contributed by atoms with van der Waals surface area (Å²) in [5.41, 5.74) is 2.68. The highest BCUT2D eigenvalue weighted by Crippen LogP contribution is 2.28. The fraction of sp³-hybridized carbons (Fsp3) is 0.440. The number of thiophene rings is 1. The second kappa shape index (κ2) is 10.2. The SMILES string of the molecule is CC[C@H](c1nnnn1C[C@@H]1CCCO1)N(Cc1cccs1)Cc1cc2ccc(C)cc2[nH]c1=O. The molecule has 1 aromatic carbocycles. The average molecular weight is 479 g/mol. The molecule has 34 heavy (non-hydrogen) atoms. The molecule has 1 aliphatic heterocycles. The largest absolute Gasteiger partial charge is 0.376 e. The molecule has 0 aliphatic carbocycles. The third kappa shape index (κ3) is 4.96. The van der Waals surface area contributed by atoms with Gasteiger partial charge in [-0.1, -0.05) is 25.1 Å². The Bertz CT molecular complexity index is 1290. The monoisotopic (exact) mass is 478 g/mol. The summed E-state index contributed by atoms with van der Waals surface area (Å²) in [5, 5.41) is 15.8. The molecule has 0 amide bonds. The van der Waals surface area contributed by atoms with Crippen molar-refractivity contribution in [3.05, 3.63) is 74.0 Å². The van der Waals surface area contributed by atoms with Crippen LogP contribution in [0, 0.1) is 6.92 Å². The first kappa shape index (κ1) is 22.9. The molecule has 4 aromatic rings. The predicted molar refractivity (Wildman–Crippen MR) is 133 cm³/mol. The minimum absolute atomic E-state index is 0.0355. The minimum Gasteiger partial charge on any atom is -0.376 e. The lowest BCUT2D eigenvalue weighted by atomic mass is 10.1. The van der Waals surface area contributed by atoms with Crippen LogP contribution in [0.5, 0.6) is 0 Å². The molecule has 0 spiro atoms. The number of benzene rings is 1. The van der Waals surface area contributed by atoms with Crippen molar-refractivity contribution in [2.24, 2.45) is 0 Å². The molecule has 4 heterocycles. The molecule has 0 radical (unpaired) electrons. The van der Waals surface area contributed by atoms with E-state index in [0.717, 1.165) is 53.7 Å². The number of nitrogens with one attached hydrogen (secondary N) is 1. The highest BCUT2D eigenvalue weighted by molar-refractivity contribution is 7.09. The summed E-state index contributed by atoms with van der Waals surface area (Å²) >= 11 is 1.72. The topological polar surface area (TPSA) is 88.9 Å². The first-order chi connectivity index (χ1) is 16.6. The number of aromatic amines is 1. The van der Waals surface area contributed by atoms with E-state index in [1.165, 1.54) is 4.88 Å². The molecule has 1 fully saturated rings. The van der Waals surface area contributed by atoms with Gasteiger partial charge < -0.3 is 9.72 Å². The van der Waals surface area contributed by atoms with Crippen LogP contribution in [0.1, 0.15) is 54.1 Å². The summed E-state index contributed by atoms with van der Waals surface area (Å²) < 4.78 is 7.72. The van der Waals surface area contributed by atoms with E-state index in [0.29, 0.717) is 19.6 Å². The second-order valence-electron chi connectivity index (χ2n) is 8.98. The van der Waals surface area contributed by atoms with Gasteiger partial charge in [-0.15, -0.1) is 16.4 Å². The smallest absolute Gasteiger partial charge is 0.252 e. The van der Waals surface area contributed by atoms with E-state index in [-0.39, 0.29) is 17.7 Å². The van der Waals surface area contributed by atoms with Crippen molar-refractivity contribution < 1.29 is 4.74 Å². The summed E-state index contributed by atoms with van der Waals surface area (Å²) in [5.74, 6) is 0.822. The standard InChI is InChI=1S/C25H30N6O2S/c1-3-23(24-27-28-29-31(24)15-20-6-4-10-33-20)30(16-21-7-5-11-34-21)14-19-13-18-9-8-17(2)12-22(18)26-25(19)32/h5,7-9,11-13,20,23H,3-4,6,10,14-16H2,1-2H3,(H,26,32)/t20-,23+/m0/s1. The van der Waals surface area contributed by atoms with Crippen LogP contribution >= 0.6 is 11.3 Å². The van der Waals surface area contributed by atoms with E-state index in [4.69, 9.17) is 4.74 Å². The molecule has 9 heteroatoms. The van der Waals surface area contributed by atoms with E-state index >= 15 is 0 Å². The predicted octanol–water partition coefficient (Wildman–Crippen LogP) is 4.22. The summed E-state index contributed by atoms with van der Waals surface area (Å²) in [4.78, 5) is 19.7. The maximum Gasteiger partial charge on any atom is 0.252 e. The number of nitrogens with zero attached hydrogens (tertiary/aromatic N) is 5. The quantitative estimate of drug-likeness (QED) is 0.388. The van der Waals surface area contributed by atoms with Crippen molar-refractivity contribution in [1.82, 2.24) is 30.1 Å². The number of aryl methyl sites for hydroxylation is 1. The van der Waals surface area contributed by atoms with Gasteiger partial charge in [0.05, 0.1) is 18.7 Å². The van der Waals surface area contributed by atoms with Crippen LogP contribution in [0.4, 0.5) is 0 Å². The first-order valence-corrected chi connectivity index (χ1v) is 12.8. The molecule has 0 bridgehead atoms. The molecular formula is C25H30N6O2S. The zero-order chi connectivity index (χ0) is 23.5. The summed E-state index contributed by atoms with van der Waals surface area (Å²) in [6.45, 7) is 6.85. The van der Waals surface area contributed by atoms with Crippen molar-refractivity contribution in [2.75, 3.05) is 6.61 Å². The van der Waals surface area contributed by atoms with Crippen LogP contribution in [0.2, 0.25) is 0 Å². The van der Waals surface area contributed by atoms with Gasteiger partial charge in [0.2, 0.25) is 0 Å². The number of pyridine rings is 1. The lowest BCUT2D eigenvalue weighted by molar-refractivity contribution is 0.0889. The van der Waals surface area contributed by atoms with Gasteiger partial charge in [0, 0.05) is 35.7 Å². The number of aromatic nitrogens is 5. The maximum atomic E-state index is 13.0. The van der Waals surface area contributed by atoms with Gasteiger partial charge in [-0.25, -0.2) is 4.68 Å². The van der Waals surface area contributed by atoms with Gasteiger partial charge in [-0.2, -0.15) is 0 Å². The molecule has 8 nitrogen and oxygen atoms in total. The van der Waals surface area contributed by atoms with Crippen molar-refractivity contribution in [3.63, 3.8) is 0 Å². The van der Waals surface area contributed by atoms with E-state index in [9.17, 15) is 4.79 Å². The summed E-state index contributed by atoms with van der Waals surface area (Å²) in [7, 11) is 0. The molecule has 1 saturated heterocycles. The zero-order valence-corrected chi connectivity index (χ0v) is 20.4. The molecule has 3 aromatic heterocycles. The number of rotatable bonds is 9. The molecule has 1 N–H and O–H groups in total. The van der Waals surface area contributed by atoms with Gasteiger partial charge in [0.25, 0.3) is 5.56 Å². The number of hydrogen-bond donors (Lipinski definition) is 1. The molecule has 1 aliphatic rings. The Labute approximate surface area is 202 Å². The Balaban J connectivity index is 1.48. The highest BCUT2D eigenvalue weighted by Gasteiger charge is 2.28. The maximum absolute atomic E-state index is 13.0. The Kier molecular flexibility index (Phi) is 6.85. The van der Waals surface area contributed by atoms with Gasteiger partial charge in [0.15, 0.2) is 5.82 Å². The molecule has 178 valence electrons. The van der Waals surface area contributed by atoms with Gasteiger partial charge in [0.1, 0.15) is 0 Å². The Hall–Kier alpha value is -2.88. The third-order valence-corrected chi connectivity index (χ3v) is 7.34. The van der Waals surface area contributed by atoms with Crippen LogP contribution in [0.25, 0.3) is 10.9 Å². The summed E-state index contributed by atoms with van der Waals surface area (Å²) in [6.07, 6.45) is 3.08. The Morgan fingerprint density at radius 2 is 2.21 bits per heavy atom. The third-order valence-electron chi connectivity index (χ3n) is 6.48. The van der Waals surface area contributed by atoms with Crippen molar-refractivity contribution in [1.29, 1.82) is 0 Å². The summed E-state index contributed by atoms with van der Waals surface area (Å²) in [6, 6.07) is 12.3. The minimum atomic E-state index is -0.0527. The Morgan fingerprint density at radius 1 is 1.29 bits per heavy atom. The van der Waals surface area contributed by atoms with E-state index in [1.54, 1.807) is 11.3 Å². The van der Waals surface area contributed by atoms with Crippen LogP contribution in [0.3, 0.4) is 0 Å². The first-order valence-electron chi connectivity index (χ1n) is 11.9. The van der Waals surface area contributed by atoms with E-state index in [1.807, 2.05) is 23.7 Å². The fourth-order valence-electron chi connectivity index (χ4n) is 4.74. The van der Waals surface area contributed by atoms with Crippen LogP contribution in [-0.2, 0) is 24.4 Å². The second-order valence-corrected chi connectivity index (χ2v) is 10.0. The van der Waals surface area contributed by atoms with E-state index < -0.39 is 0 Å². The van der Waals surface area contributed by atoms with Gasteiger partial charge in [-0.05, 0) is 71.1 Å². The normalized spacial score (nSPS) is 17.1. The Morgan fingerprint density at radius 3 is 2.97 bits per heavy atom. The number of H-pyrrole nitrogens is 1. The molecule has 5 rings (SSSR count). The van der Waals surface area contributed by atoms with Crippen molar-refractivity contribution in [3.8, 4) is 0 Å². The molecule has 0 unspecified atom stereocenters. The van der Waals surface area contributed by atoms with Gasteiger partial charge >= 0.3 is 0 Å². The number of fused-ring (bicyclic) bond motifs is 1. The number of tetrazole rings is 1. The molecule has 2 atom stereocenters. The average Bonchev–Trinajstić information content (AvgIpc) is 3.60. The van der Waals surface area contributed by atoms with Crippen LogP contribution < -0.4 is 5.56 Å². The highest BCUT2D eigenvalue weighted by atomic mass is 32.1. The lowest BCUT2D eigenvalue weighted by Gasteiger charge is -2.30. The molecule has 0 saturated carbocycles.